The Bertz CT molecular complexity index is 658. The lowest BCUT2D eigenvalue weighted by Gasteiger charge is -2.48. The predicted octanol–water partition coefficient (Wildman–Crippen LogP) is 2.79. The van der Waals surface area contributed by atoms with Crippen molar-refractivity contribution in [1.29, 1.82) is 0 Å². The summed E-state index contributed by atoms with van der Waals surface area (Å²) in [4.78, 5) is 25.3. The summed E-state index contributed by atoms with van der Waals surface area (Å²) in [5, 5.41) is 0. The molecule has 1 heterocycles. The lowest BCUT2D eigenvalue weighted by molar-refractivity contribution is -0.133. The Balaban J connectivity index is 1.90. The quantitative estimate of drug-likeness (QED) is 0.424. The lowest BCUT2D eigenvalue weighted by Crippen LogP contribution is -2.48. The first-order valence-electron chi connectivity index (χ1n) is 7.94. The molecule has 2 amide bonds. The summed E-state index contributed by atoms with van der Waals surface area (Å²) in [5.41, 5.74) is 3.26. The second-order valence-electron chi connectivity index (χ2n) is 6.84. The molecule has 3 aliphatic carbocycles. The van der Waals surface area contributed by atoms with Crippen LogP contribution in [-0.2, 0) is 9.59 Å². The maximum atomic E-state index is 12.7. The van der Waals surface area contributed by atoms with E-state index >= 15 is 0 Å². The number of carbonyl (C=O) groups excluding carboxylic acids is 2. The number of hydrogen-bond donors (Lipinski definition) is 1. The van der Waals surface area contributed by atoms with Crippen LogP contribution in [0.4, 0.5) is 0 Å². The molecular formula is C18H19NO2S. The SMILES string of the molecule is CC1C=C=CCC2C3C=CC=CC3C1C1C(=O)N(S)C(=O)C21. The third-order valence-corrected chi connectivity index (χ3v) is 6.28. The molecule has 0 aromatic carbocycles. The van der Waals surface area contributed by atoms with Crippen LogP contribution in [0.1, 0.15) is 13.3 Å². The standard InChI is InChI=1S/C18H19NO2S/c1-10-6-2-3-9-13-11-7-4-5-8-12(11)14(10)16-15(13)17(20)19(22)18(16)21/h3-8,10-16,22H,9H2,1H3. The molecule has 22 heavy (non-hydrogen) atoms. The number of amides is 2. The molecule has 3 nitrogen and oxygen atoms in total. The molecule has 2 fully saturated rings. The van der Waals surface area contributed by atoms with Crippen molar-refractivity contribution in [1.82, 2.24) is 4.31 Å². The van der Waals surface area contributed by atoms with Gasteiger partial charge < -0.3 is 0 Å². The van der Waals surface area contributed by atoms with Gasteiger partial charge in [-0.05, 0) is 48.2 Å². The Kier molecular flexibility index (Phi) is 3.21. The van der Waals surface area contributed by atoms with Crippen molar-refractivity contribution in [3.63, 3.8) is 0 Å². The largest absolute Gasteiger partial charge is 0.273 e. The molecule has 0 N–H and O–H groups in total. The zero-order valence-corrected chi connectivity index (χ0v) is 13.3. The lowest BCUT2D eigenvalue weighted by atomic mass is 9.54. The fourth-order valence-electron chi connectivity index (χ4n) is 5.00. The highest BCUT2D eigenvalue weighted by molar-refractivity contribution is 7.79. The molecule has 0 radical (unpaired) electrons. The van der Waals surface area contributed by atoms with Crippen LogP contribution in [0.2, 0.25) is 0 Å². The highest BCUT2D eigenvalue weighted by Crippen LogP contribution is 2.56. The van der Waals surface area contributed by atoms with Crippen molar-refractivity contribution in [2.75, 3.05) is 0 Å². The van der Waals surface area contributed by atoms with Gasteiger partial charge in [0.25, 0.3) is 0 Å². The second kappa shape index (κ2) is 5.00. The average Bonchev–Trinajstić information content (AvgIpc) is 2.81. The predicted molar refractivity (Wildman–Crippen MR) is 86.5 cm³/mol. The topological polar surface area (TPSA) is 37.4 Å². The second-order valence-corrected chi connectivity index (χ2v) is 7.24. The fraction of sp³-hybridized carbons (Fsp3) is 0.500. The molecule has 114 valence electrons. The Morgan fingerprint density at radius 2 is 1.82 bits per heavy atom. The molecule has 1 aliphatic heterocycles. The van der Waals surface area contributed by atoms with Crippen molar-refractivity contribution < 1.29 is 9.59 Å². The van der Waals surface area contributed by atoms with Crippen LogP contribution in [0.5, 0.6) is 0 Å². The smallest absolute Gasteiger partial charge is 0.243 e. The van der Waals surface area contributed by atoms with E-state index in [2.05, 4.69) is 55.8 Å². The first-order chi connectivity index (χ1) is 10.6. The van der Waals surface area contributed by atoms with Gasteiger partial charge in [-0.25, -0.2) is 4.31 Å². The Hall–Kier alpha value is -1.51. The molecule has 0 aromatic rings. The Labute approximate surface area is 136 Å². The highest BCUT2D eigenvalue weighted by atomic mass is 32.1. The van der Waals surface area contributed by atoms with Crippen molar-refractivity contribution in [2.24, 2.45) is 41.4 Å². The third kappa shape index (κ3) is 1.77. The number of fused-ring (bicyclic) bond motifs is 3. The summed E-state index contributed by atoms with van der Waals surface area (Å²) in [6.45, 7) is 2.14. The minimum Gasteiger partial charge on any atom is -0.273 e. The molecule has 0 spiro atoms. The maximum Gasteiger partial charge on any atom is 0.243 e. The molecule has 4 aliphatic rings. The fourth-order valence-corrected chi connectivity index (χ4v) is 5.27. The van der Waals surface area contributed by atoms with Gasteiger partial charge in [-0.3, -0.25) is 9.59 Å². The van der Waals surface area contributed by atoms with Crippen LogP contribution in [0.3, 0.4) is 0 Å². The number of thiol groups is 1. The summed E-state index contributed by atoms with van der Waals surface area (Å²) in [5.74, 6) is 0.433. The third-order valence-electron chi connectivity index (χ3n) is 5.89. The summed E-state index contributed by atoms with van der Waals surface area (Å²) in [6, 6.07) is 0. The molecule has 0 aromatic heterocycles. The number of allylic oxidation sites excluding steroid dienone is 5. The number of carbonyl (C=O) groups is 2. The number of hydrogen-bond acceptors (Lipinski definition) is 3. The molecule has 7 atom stereocenters. The zero-order chi connectivity index (χ0) is 15.4. The van der Waals surface area contributed by atoms with Crippen molar-refractivity contribution in [3.05, 3.63) is 42.2 Å². The van der Waals surface area contributed by atoms with Gasteiger partial charge in [0, 0.05) is 0 Å². The van der Waals surface area contributed by atoms with E-state index in [0.717, 1.165) is 10.7 Å². The van der Waals surface area contributed by atoms with E-state index in [0.29, 0.717) is 11.8 Å². The van der Waals surface area contributed by atoms with Crippen LogP contribution in [0.15, 0.2) is 42.2 Å². The summed E-state index contributed by atoms with van der Waals surface area (Å²) in [6.07, 6.45) is 13.5. The monoisotopic (exact) mass is 313 g/mol. The molecule has 4 heteroatoms. The minimum atomic E-state index is -0.244. The zero-order valence-electron chi connectivity index (χ0n) is 12.4. The van der Waals surface area contributed by atoms with Gasteiger partial charge in [-0.1, -0.05) is 44.0 Å². The molecule has 1 saturated heterocycles. The number of imide groups is 1. The van der Waals surface area contributed by atoms with Gasteiger partial charge in [-0.2, -0.15) is 0 Å². The number of nitrogens with zero attached hydrogens (tertiary/aromatic N) is 1. The van der Waals surface area contributed by atoms with Gasteiger partial charge in [0.05, 0.1) is 11.8 Å². The summed E-state index contributed by atoms with van der Waals surface area (Å²) >= 11 is 4.17. The van der Waals surface area contributed by atoms with Gasteiger partial charge in [-0.15, -0.1) is 5.73 Å². The van der Waals surface area contributed by atoms with Crippen molar-refractivity contribution in [2.45, 2.75) is 13.3 Å². The van der Waals surface area contributed by atoms with E-state index in [9.17, 15) is 9.59 Å². The van der Waals surface area contributed by atoms with Crippen LogP contribution < -0.4 is 0 Å². The van der Waals surface area contributed by atoms with E-state index in [1.54, 1.807) is 0 Å². The van der Waals surface area contributed by atoms with E-state index in [1.807, 2.05) is 6.08 Å². The van der Waals surface area contributed by atoms with Gasteiger partial charge in [0.1, 0.15) is 0 Å². The normalized spacial score (nSPS) is 45.5. The Morgan fingerprint density at radius 1 is 1.14 bits per heavy atom. The van der Waals surface area contributed by atoms with E-state index in [1.165, 1.54) is 0 Å². The highest BCUT2D eigenvalue weighted by Gasteiger charge is 2.60. The summed E-state index contributed by atoms with van der Waals surface area (Å²) in [7, 11) is 0. The van der Waals surface area contributed by atoms with Crippen molar-refractivity contribution >= 4 is 24.6 Å². The molecular weight excluding hydrogens is 294 g/mol. The van der Waals surface area contributed by atoms with Crippen LogP contribution in [-0.4, -0.2) is 16.1 Å². The van der Waals surface area contributed by atoms with Gasteiger partial charge in [0.2, 0.25) is 11.8 Å². The van der Waals surface area contributed by atoms with Crippen molar-refractivity contribution in [3.8, 4) is 0 Å². The van der Waals surface area contributed by atoms with Crippen LogP contribution >= 0.6 is 12.8 Å². The minimum absolute atomic E-state index is 0.114. The van der Waals surface area contributed by atoms with E-state index in [-0.39, 0.29) is 41.4 Å². The summed E-state index contributed by atoms with van der Waals surface area (Å²) < 4.78 is 1.07. The molecule has 4 rings (SSSR count). The first-order valence-corrected chi connectivity index (χ1v) is 8.34. The Morgan fingerprint density at radius 3 is 2.59 bits per heavy atom. The molecule has 7 unspecified atom stereocenters. The van der Waals surface area contributed by atoms with Crippen LogP contribution in [0.25, 0.3) is 0 Å². The molecule has 2 bridgehead atoms. The average molecular weight is 313 g/mol. The van der Waals surface area contributed by atoms with Gasteiger partial charge >= 0.3 is 0 Å². The maximum absolute atomic E-state index is 12.7. The number of rotatable bonds is 0. The van der Waals surface area contributed by atoms with E-state index in [4.69, 9.17) is 0 Å². The van der Waals surface area contributed by atoms with Crippen LogP contribution in [0, 0.1) is 41.4 Å². The van der Waals surface area contributed by atoms with E-state index < -0.39 is 0 Å². The van der Waals surface area contributed by atoms with Gasteiger partial charge in [0.15, 0.2) is 0 Å². The molecule has 1 saturated carbocycles. The first kappa shape index (κ1) is 14.1.